The van der Waals surface area contributed by atoms with Crippen LogP contribution in [0.3, 0.4) is 0 Å². The Hall–Kier alpha value is -1.21. The Morgan fingerprint density at radius 2 is 2.24 bits per heavy atom. The van der Waals surface area contributed by atoms with Crippen molar-refractivity contribution in [1.29, 1.82) is 0 Å². The summed E-state index contributed by atoms with van der Waals surface area (Å²) >= 11 is 3.15. The number of hydrogen-bond donors (Lipinski definition) is 2. The average Bonchev–Trinajstić information content (AvgIpc) is 3.03. The van der Waals surface area contributed by atoms with E-state index >= 15 is 0 Å². The molecule has 21 heavy (non-hydrogen) atoms. The number of carbonyl (C=O) groups excluding carboxylic acids is 1. The van der Waals surface area contributed by atoms with Crippen molar-refractivity contribution in [3.8, 4) is 0 Å². The molecular formula is C14H20N2O3S2. The highest BCUT2D eigenvalue weighted by atomic mass is 32.2. The second kappa shape index (κ2) is 7.17. The first-order valence-corrected chi connectivity index (χ1v) is 8.96. The number of urea groups is 1. The van der Waals surface area contributed by atoms with E-state index in [9.17, 15) is 14.7 Å². The summed E-state index contributed by atoms with van der Waals surface area (Å²) in [7, 11) is 0. The van der Waals surface area contributed by atoms with E-state index in [-0.39, 0.29) is 11.4 Å². The van der Waals surface area contributed by atoms with Crippen LogP contribution >= 0.6 is 23.1 Å². The topological polar surface area (TPSA) is 69.6 Å². The molecule has 1 aliphatic heterocycles. The summed E-state index contributed by atoms with van der Waals surface area (Å²) in [6.45, 7) is 4.49. The molecule has 0 aliphatic carbocycles. The number of carbonyl (C=O) groups is 2. The molecule has 0 saturated carbocycles. The molecule has 0 radical (unpaired) electrons. The fourth-order valence-electron chi connectivity index (χ4n) is 2.33. The van der Waals surface area contributed by atoms with Crippen molar-refractivity contribution in [1.82, 2.24) is 10.2 Å². The van der Waals surface area contributed by atoms with Crippen LogP contribution in [0.25, 0.3) is 0 Å². The van der Waals surface area contributed by atoms with Crippen LogP contribution in [0.15, 0.2) is 10.8 Å². The standard InChI is InChI=1S/C14H20N2O3S2/c1-3-4-12-16(11(8-21-12)13(17)18)14(19)15-5-10-7-20-6-9(10)2/h6-7,11-12H,3-5,8H2,1-2H3,(H,15,19)(H,17,18). The van der Waals surface area contributed by atoms with Gasteiger partial charge >= 0.3 is 12.0 Å². The largest absolute Gasteiger partial charge is 0.480 e. The van der Waals surface area contributed by atoms with E-state index in [1.807, 2.05) is 24.6 Å². The van der Waals surface area contributed by atoms with Crippen LogP contribution in [0.2, 0.25) is 0 Å². The van der Waals surface area contributed by atoms with Gasteiger partial charge in [-0.25, -0.2) is 9.59 Å². The lowest BCUT2D eigenvalue weighted by Gasteiger charge is -2.27. The van der Waals surface area contributed by atoms with Gasteiger partial charge in [0, 0.05) is 12.3 Å². The number of aliphatic carboxylic acids is 1. The number of thioether (sulfide) groups is 1. The number of aryl methyl sites for hydroxylation is 1. The number of rotatable bonds is 5. The van der Waals surface area contributed by atoms with Crippen molar-refractivity contribution >= 4 is 35.1 Å². The van der Waals surface area contributed by atoms with Gasteiger partial charge in [-0.05, 0) is 35.2 Å². The van der Waals surface area contributed by atoms with Gasteiger partial charge in [0.1, 0.15) is 6.04 Å². The van der Waals surface area contributed by atoms with E-state index in [4.69, 9.17) is 0 Å². The molecule has 0 bridgehead atoms. The van der Waals surface area contributed by atoms with E-state index in [1.54, 1.807) is 23.1 Å². The number of nitrogens with zero attached hydrogens (tertiary/aromatic N) is 1. The Morgan fingerprint density at radius 3 is 2.81 bits per heavy atom. The summed E-state index contributed by atoms with van der Waals surface area (Å²) in [6.07, 6.45) is 1.75. The third-order valence-electron chi connectivity index (χ3n) is 3.54. The van der Waals surface area contributed by atoms with Crippen molar-refractivity contribution in [2.75, 3.05) is 5.75 Å². The second-order valence-corrected chi connectivity index (χ2v) is 7.03. The van der Waals surface area contributed by atoms with Crippen LogP contribution in [0.1, 0.15) is 30.9 Å². The number of nitrogens with one attached hydrogen (secondary N) is 1. The summed E-state index contributed by atoms with van der Waals surface area (Å²) < 4.78 is 0. The van der Waals surface area contributed by atoms with Crippen molar-refractivity contribution in [3.63, 3.8) is 0 Å². The molecule has 1 fully saturated rings. The fraction of sp³-hybridized carbons (Fsp3) is 0.571. The predicted molar refractivity (Wildman–Crippen MR) is 85.7 cm³/mol. The Labute approximate surface area is 132 Å². The van der Waals surface area contributed by atoms with Crippen LogP contribution in [-0.2, 0) is 11.3 Å². The maximum absolute atomic E-state index is 12.4. The zero-order valence-corrected chi connectivity index (χ0v) is 13.8. The molecule has 2 atom stereocenters. The first-order chi connectivity index (χ1) is 10.0. The highest BCUT2D eigenvalue weighted by molar-refractivity contribution is 8.00. The first kappa shape index (κ1) is 16.2. The Morgan fingerprint density at radius 1 is 1.48 bits per heavy atom. The van der Waals surface area contributed by atoms with Crippen molar-refractivity contribution in [3.05, 3.63) is 21.9 Å². The monoisotopic (exact) mass is 328 g/mol. The fourth-order valence-corrected chi connectivity index (χ4v) is 4.70. The smallest absolute Gasteiger partial charge is 0.327 e. The number of amides is 2. The van der Waals surface area contributed by atoms with Crippen LogP contribution in [-0.4, -0.2) is 39.2 Å². The Kier molecular flexibility index (Phi) is 5.52. The predicted octanol–water partition coefficient (Wildman–Crippen LogP) is 2.89. The first-order valence-electron chi connectivity index (χ1n) is 6.96. The Bertz CT molecular complexity index is 518. The maximum atomic E-state index is 12.4. The van der Waals surface area contributed by atoms with Crippen LogP contribution in [0.5, 0.6) is 0 Å². The molecule has 1 saturated heterocycles. The average molecular weight is 328 g/mol. The molecule has 5 nitrogen and oxygen atoms in total. The third-order valence-corrected chi connectivity index (χ3v) is 5.81. The van der Waals surface area contributed by atoms with Gasteiger partial charge in [0.25, 0.3) is 0 Å². The SMILES string of the molecule is CCCC1SCC(C(=O)O)N1C(=O)NCc1cscc1C. The van der Waals surface area contributed by atoms with Gasteiger partial charge in [0.15, 0.2) is 0 Å². The zero-order chi connectivity index (χ0) is 15.4. The van der Waals surface area contributed by atoms with E-state index in [1.165, 1.54) is 4.90 Å². The molecule has 2 amide bonds. The number of thiophene rings is 1. The van der Waals surface area contributed by atoms with Gasteiger partial charge in [-0.15, -0.1) is 11.8 Å². The molecule has 2 unspecified atom stereocenters. The number of carboxylic acid groups (broad SMARTS) is 1. The molecule has 2 rings (SSSR count). The molecule has 1 aromatic rings. The quantitative estimate of drug-likeness (QED) is 0.872. The molecule has 0 aromatic carbocycles. The molecule has 0 spiro atoms. The van der Waals surface area contributed by atoms with Crippen molar-refractivity contribution in [2.24, 2.45) is 0 Å². The molecule has 116 valence electrons. The highest BCUT2D eigenvalue weighted by Gasteiger charge is 2.41. The maximum Gasteiger partial charge on any atom is 0.327 e. The summed E-state index contributed by atoms with van der Waals surface area (Å²) in [6, 6.07) is -1.01. The Balaban J connectivity index is 2.02. The van der Waals surface area contributed by atoms with E-state index < -0.39 is 12.0 Å². The molecule has 2 heterocycles. The van der Waals surface area contributed by atoms with E-state index in [0.29, 0.717) is 12.3 Å². The minimum atomic E-state index is -0.928. The number of carboxylic acids is 1. The zero-order valence-electron chi connectivity index (χ0n) is 12.2. The molecular weight excluding hydrogens is 308 g/mol. The van der Waals surface area contributed by atoms with Gasteiger partial charge in [-0.3, -0.25) is 4.90 Å². The lowest BCUT2D eigenvalue weighted by molar-refractivity contribution is -0.141. The molecule has 1 aliphatic rings. The normalized spacial score (nSPS) is 21.5. The minimum Gasteiger partial charge on any atom is -0.480 e. The summed E-state index contributed by atoms with van der Waals surface area (Å²) in [5, 5.41) is 16.1. The number of hydrogen-bond acceptors (Lipinski definition) is 4. The minimum absolute atomic E-state index is 0.0420. The third kappa shape index (κ3) is 3.71. The van der Waals surface area contributed by atoms with E-state index in [2.05, 4.69) is 5.32 Å². The van der Waals surface area contributed by atoms with Crippen LogP contribution < -0.4 is 5.32 Å². The van der Waals surface area contributed by atoms with Gasteiger partial charge in [0.2, 0.25) is 0 Å². The molecule has 1 aromatic heterocycles. The van der Waals surface area contributed by atoms with Gasteiger partial charge in [0.05, 0.1) is 5.37 Å². The van der Waals surface area contributed by atoms with Gasteiger partial charge in [-0.1, -0.05) is 13.3 Å². The molecule has 2 N–H and O–H groups in total. The summed E-state index contributed by atoms with van der Waals surface area (Å²) in [5.41, 5.74) is 2.23. The van der Waals surface area contributed by atoms with E-state index in [0.717, 1.165) is 24.0 Å². The van der Waals surface area contributed by atoms with Gasteiger partial charge in [-0.2, -0.15) is 11.3 Å². The summed E-state index contributed by atoms with van der Waals surface area (Å²) in [4.78, 5) is 25.2. The molecule has 7 heteroatoms. The lowest BCUT2D eigenvalue weighted by Crippen LogP contribution is -2.50. The highest BCUT2D eigenvalue weighted by Crippen LogP contribution is 2.32. The van der Waals surface area contributed by atoms with Gasteiger partial charge < -0.3 is 10.4 Å². The van der Waals surface area contributed by atoms with Crippen molar-refractivity contribution < 1.29 is 14.7 Å². The lowest BCUT2D eigenvalue weighted by atomic mass is 10.2. The summed E-state index contributed by atoms with van der Waals surface area (Å²) in [5.74, 6) is -0.465. The van der Waals surface area contributed by atoms with Crippen LogP contribution in [0, 0.1) is 6.92 Å². The van der Waals surface area contributed by atoms with Crippen molar-refractivity contribution in [2.45, 2.75) is 44.6 Å². The van der Waals surface area contributed by atoms with Crippen LogP contribution in [0.4, 0.5) is 4.79 Å². The second-order valence-electron chi connectivity index (χ2n) is 5.08.